The first-order chi connectivity index (χ1) is 6.89. The van der Waals surface area contributed by atoms with E-state index in [2.05, 4.69) is 5.10 Å². The van der Waals surface area contributed by atoms with Crippen molar-refractivity contribution in [2.45, 2.75) is 11.8 Å². The third-order valence-corrected chi connectivity index (χ3v) is 3.27. The molecule has 0 saturated heterocycles. The quantitative estimate of drug-likeness (QED) is 0.769. The predicted molar refractivity (Wildman–Crippen MR) is 56.8 cm³/mol. The second kappa shape index (κ2) is 3.04. The fraction of sp³-hybridized carbons (Fsp3) is 0.222. The van der Waals surface area contributed by atoms with Crippen LogP contribution in [-0.2, 0) is 17.1 Å². The Morgan fingerprint density at radius 2 is 2.07 bits per heavy atom. The molecule has 2 N–H and O–H groups in total. The lowest BCUT2D eigenvalue weighted by atomic mass is 10.1. The molecule has 0 radical (unpaired) electrons. The van der Waals surface area contributed by atoms with E-state index in [1.165, 1.54) is 6.07 Å². The van der Waals surface area contributed by atoms with Crippen LogP contribution in [0.2, 0.25) is 0 Å². The number of hydrogen-bond donors (Lipinski definition) is 1. The van der Waals surface area contributed by atoms with Gasteiger partial charge >= 0.3 is 0 Å². The van der Waals surface area contributed by atoms with Crippen molar-refractivity contribution < 1.29 is 8.42 Å². The van der Waals surface area contributed by atoms with E-state index >= 15 is 0 Å². The van der Waals surface area contributed by atoms with Crippen LogP contribution in [0.5, 0.6) is 0 Å². The van der Waals surface area contributed by atoms with Gasteiger partial charge in [0.05, 0.1) is 16.6 Å². The molecule has 80 valence electrons. The van der Waals surface area contributed by atoms with Crippen LogP contribution in [0.25, 0.3) is 10.9 Å². The fourth-order valence-electron chi connectivity index (χ4n) is 1.55. The molecule has 0 aliphatic rings. The van der Waals surface area contributed by atoms with Crippen LogP contribution in [0.15, 0.2) is 23.2 Å². The molecule has 0 spiro atoms. The van der Waals surface area contributed by atoms with E-state index in [0.29, 0.717) is 0 Å². The molecular weight excluding hydrogens is 214 g/mol. The second-order valence-electron chi connectivity index (χ2n) is 3.49. The van der Waals surface area contributed by atoms with Gasteiger partial charge in [0.15, 0.2) is 0 Å². The van der Waals surface area contributed by atoms with Gasteiger partial charge in [-0.2, -0.15) is 5.10 Å². The topological polar surface area (TPSA) is 78.0 Å². The maximum atomic E-state index is 11.2. The molecule has 1 heterocycles. The van der Waals surface area contributed by atoms with Crippen molar-refractivity contribution in [1.29, 1.82) is 0 Å². The molecule has 6 heteroatoms. The second-order valence-corrected chi connectivity index (χ2v) is 5.05. The van der Waals surface area contributed by atoms with Crippen LogP contribution in [0, 0.1) is 6.92 Å². The Kier molecular flexibility index (Phi) is 2.06. The standard InChI is InChI=1S/C9H11N3O2S/c1-6-3-7(15(10,13)14)4-9-8(6)5-11-12(9)2/h3-5H,1-2H3,(H2,10,13,14). The molecule has 0 saturated carbocycles. The Labute approximate surface area is 87.6 Å². The lowest BCUT2D eigenvalue weighted by molar-refractivity contribution is 0.598. The van der Waals surface area contributed by atoms with Gasteiger partial charge < -0.3 is 0 Å². The zero-order chi connectivity index (χ0) is 11.2. The SMILES string of the molecule is Cc1cc(S(N)(=O)=O)cc2c1cnn2C. The van der Waals surface area contributed by atoms with Crippen molar-refractivity contribution in [3.05, 3.63) is 23.9 Å². The van der Waals surface area contributed by atoms with Crippen LogP contribution in [0.3, 0.4) is 0 Å². The van der Waals surface area contributed by atoms with E-state index in [-0.39, 0.29) is 4.90 Å². The van der Waals surface area contributed by atoms with Gasteiger partial charge in [-0.05, 0) is 24.6 Å². The minimum absolute atomic E-state index is 0.121. The monoisotopic (exact) mass is 225 g/mol. The summed E-state index contributed by atoms with van der Waals surface area (Å²) in [6.07, 6.45) is 1.71. The summed E-state index contributed by atoms with van der Waals surface area (Å²) in [4.78, 5) is 0.121. The van der Waals surface area contributed by atoms with E-state index in [1.54, 1.807) is 24.0 Å². The highest BCUT2D eigenvalue weighted by molar-refractivity contribution is 7.89. The lowest BCUT2D eigenvalue weighted by Gasteiger charge is -2.02. The van der Waals surface area contributed by atoms with Gasteiger partial charge in [-0.1, -0.05) is 0 Å². The number of hydrogen-bond acceptors (Lipinski definition) is 3. The number of primary sulfonamides is 1. The molecule has 5 nitrogen and oxygen atoms in total. The minimum atomic E-state index is -3.65. The minimum Gasteiger partial charge on any atom is -0.268 e. The predicted octanol–water partition coefficient (Wildman–Crippen LogP) is 0.529. The first-order valence-electron chi connectivity index (χ1n) is 4.35. The maximum absolute atomic E-state index is 11.2. The highest BCUT2D eigenvalue weighted by Crippen LogP contribution is 2.21. The average Bonchev–Trinajstić information content (AvgIpc) is 2.47. The molecule has 2 aromatic rings. The number of rotatable bonds is 1. The van der Waals surface area contributed by atoms with Gasteiger partial charge in [0.1, 0.15) is 0 Å². The van der Waals surface area contributed by atoms with Crippen molar-refractivity contribution in [2.75, 3.05) is 0 Å². The fourth-order valence-corrected chi connectivity index (χ4v) is 2.17. The zero-order valence-corrected chi connectivity index (χ0v) is 9.25. The summed E-state index contributed by atoms with van der Waals surface area (Å²) in [6, 6.07) is 3.09. The van der Waals surface area contributed by atoms with Crippen molar-refractivity contribution in [2.24, 2.45) is 12.2 Å². The van der Waals surface area contributed by atoms with Gasteiger partial charge in [-0.3, -0.25) is 4.68 Å². The summed E-state index contributed by atoms with van der Waals surface area (Å²) in [7, 11) is -1.89. The summed E-state index contributed by atoms with van der Waals surface area (Å²) in [5, 5.41) is 10.1. The van der Waals surface area contributed by atoms with Gasteiger partial charge in [0.2, 0.25) is 10.0 Å². The molecule has 0 aliphatic carbocycles. The van der Waals surface area contributed by atoms with E-state index in [4.69, 9.17) is 5.14 Å². The number of sulfonamides is 1. The first-order valence-corrected chi connectivity index (χ1v) is 5.89. The van der Waals surface area contributed by atoms with Crippen LogP contribution < -0.4 is 5.14 Å². The van der Waals surface area contributed by atoms with E-state index in [9.17, 15) is 8.42 Å². The van der Waals surface area contributed by atoms with Gasteiger partial charge in [0, 0.05) is 12.4 Å². The Morgan fingerprint density at radius 3 is 2.67 bits per heavy atom. The average molecular weight is 225 g/mol. The van der Waals surface area contributed by atoms with Crippen molar-refractivity contribution in [3.63, 3.8) is 0 Å². The van der Waals surface area contributed by atoms with Crippen LogP contribution >= 0.6 is 0 Å². The van der Waals surface area contributed by atoms with E-state index < -0.39 is 10.0 Å². The van der Waals surface area contributed by atoms with Gasteiger partial charge in [-0.25, -0.2) is 13.6 Å². The molecule has 15 heavy (non-hydrogen) atoms. The van der Waals surface area contributed by atoms with Crippen LogP contribution in [-0.4, -0.2) is 18.2 Å². The zero-order valence-electron chi connectivity index (χ0n) is 8.43. The Bertz CT molecular complexity index is 628. The van der Waals surface area contributed by atoms with E-state index in [1.807, 2.05) is 6.92 Å². The summed E-state index contributed by atoms with van der Waals surface area (Å²) < 4.78 is 24.0. The lowest BCUT2D eigenvalue weighted by Crippen LogP contribution is -2.12. The highest BCUT2D eigenvalue weighted by atomic mass is 32.2. The largest absolute Gasteiger partial charge is 0.268 e. The molecule has 0 amide bonds. The molecule has 1 aromatic heterocycles. The summed E-state index contributed by atoms with van der Waals surface area (Å²) >= 11 is 0. The summed E-state index contributed by atoms with van der Waals surface area (Å²) in [6.45, 7) is 1.83. The number of fused-ring (bicyclic) bond motifs is 1. The third-order valence-electron chi connectivity index (χ3n) is 2.38. The molecule has 0 atom stereocenters. The summed E-state index contributed by atoms with van der Waals surface area (Å²) in [5.74, 6) is 0. The molecule has 0 unspecified atom stereocenters. The Morgan fingerprint density at radius 1 is 1.40 bits per heavy atom. The highest BCUT2D eigenvalue weighted by Gasteiger charge is 2.12. The molecule has 0 fully saturated rings. The number of aromatic nitrogens is 2. The first kappa shape index (κ1) is 10.1. The summed E-state index contributed by atoms with van der Waals surface area (Å²) in [5.41, 5.74) is 1.61. The van der Waals surface area contributed by atoms with Crippen molar-refractivity contribution in [1.82, 2.24) is 9.78 Å². The van der Waals surface area contributed by atoms with Crippen LogP contribution in [0.1, 0.15) is 5.56 Å². The molecular formula is C9H11N3O2S. The van der Waals surface area contributed by atoms with Crippen molar-refractivity contribution >= 4 is 20.9 Å². The third kappa shape index (κ3) is 1.62. The number of aryl methyl sites for hydroxylation is 2. The van der Waals surface area contributed by atoms with E-state index in [0.717, 1.165) is 16.5 Å². The maximum Gasteiger partial charge on any atom is 0.238 e. The molecule has 0 aliphatic heterocycles. The Balaban J connectivity index is 2.88. The molecule has 0 bridgehead atoms. The normalized spacial score (nSPS) is 12.2. The van der Waals surface area contributed by atoms with Gasteiger partial charge in [-0.15, -0.1) is 0 Å². The smallest absolute Gasteiger partial charge is 0.238 e. The van der Waals surface area contributed by atoms with Gasteiger partial charge in [0.25, 0.3) is 0 Å². The number of nitrogens with two attached hydrogens (primary N) is 1. The van der Waals surface area contributed by atoms with Crippen molar-refractivity contribution in [3.8, 4) is 0 Å². The number of benzene rings is 1. The van der Waals surface area contributed by atoms with Crippen LogP contribution in [0.4, 0.5) is 0 Å². The Hall–Kier alpha value is -1.40. The number of nitrogens with zero attached hydrogens (tertiary/aromatic N) is 2. The molecule has 1 aromatic carbocycles. The molecule has 2 rings (SSSR count).